The van der Waals surface area contributed by atoms with Crippen molar-refractivity contribution in [2.45, 2.75) is 20.3 Å². The van der Waals surface area contributed by atoms with Crippen molar-refractivity contribution in [3.63, 3.8) is 0 Å². The van der Waals surface area contributed by atoms with Crippen LogP contribution < -0.4 is 4.74 Å². The Balaban J connectivity index is 1.73. The van der Waals surface area contributed by atoms with Gasteiger partial charge in [0.25, 0.3) is 0 Å². The molecule has 2 aromatic heterocycles. The Kier molecular flexibility index (Phi) is 6.35. The summed E-state index contributed by atoms with van der Waals surface area (Å²) in [6.07, 6.45) is 6.36. The lowest BCUT2D eigenvalue weighted by Gasteiger charge is -2.08. The van der Waals surface area contributed by atoms with Crippen LogP contribution >= 0.6 is 11.3 Å². The molecule has 0 saturated carbocycles. The van der Waals surface area contributed by atoms with Gasteiger partial charge in [-0.3, -0.25) is 4.98 Å². The van der Waals surface area contributed by atoms with Gasteiger partial charge in [-0.1, -0.05) is 26.0 Å². The van der Waals surface area contributed by atoms with Gasteiger partial charge in [0, 0.05) is 23.3 Å². The van der Waals surface area contributed by atoms with Gasteiger partial charge in [-0.2, -0.15) is 5.26 Å². The van der Waals surface area contributed by atoms with Gasteiger partial charge in [0.15, 0.2) is 0 Å². The molecule has 5 heteroatoms. The number of hydrogen-bond donors (Lipinski definition) is 0. The molecule has 3 aromatic rings. The number of ether oxygens (including phenoxy) is 1. The van der Waals surface area contributed by atoms with Crippen molar-refractivity contribution < 1.29 is 4.74 Å². The molecule has 0 bridgehead atoms. The van der Waals surface area contributed by atoms with Crippen LogP contribution in [0, 0.1) is 17.2 Å². The molecule has 4 nitrogen and oxygen atoms in total. The molecular weight excluding hydrogens is 354 g/mol. The van der Waals surface area contributed by atoms with Crippen molar-refractivity contribution in [2.24, 2.45) is 5.92 Å². The smallest absolute Gasteiger partial charge is 0.134 e. The van der Waals surface area contributed by atoms with E-state index >= 15 is 0 Å². The second-order valence-corrected chi connectivity index (χ2v) is 7.40. The van der Waals surface area contributed by atoms with Crippen LogP contribution in [-0.4, -0.2) is 16.6 Å². The molecule has 0 amide bonds. The van der Waals surface area contributed by atoms with Gasteiger partial charge in [0.1, 0.15) is 16.8 Å². The predicted octanol–water partition coefficient (Wildman–Crippen LogP) is 5.69. The van der Waals surface area contributed by atoms with Crippen LogP contribution in [0.5, 0.6) is 5.75 Å². The van der Waals surface area contributed by atoms with Gasteiger partial charge in [0.05, 0.1) is 17.9 Å². The monoisotopic (exact) mass is 375 g/mol. The van der Waals surface area contributed by atoms with E-state index in [1.165, 1.54) is 11.3 Å². The van der Waals surface area contributed by atoms with Crippen molar-refractivity contribution in [1.82, 2.24) is 9.97 Å². The molecule has 0 aliphatic heterocycles. The fraction of sp³-hybridized carbons (Fsp3) is 0.227. The van der Waals surface area contributed by atoms with Crippen molar-refractivity contribution in [2.75, 3.05) is 6.61 Å². The Morgan fingerprint density at radius 1 is 1.19 bits per heavy atom. The Morgan fingerprint density at radius 2 is 1.93 bits per heavy atom. The lowest BCUT2D eigenvalue weighted by Crippen LogP contribution is -2.01. The van der Waals surface area contributed by atoms with Gasteiger partial charge in [-0.25, -0.2) is 4.98 Å². The maximum Gasteiger partial charge on any atom is 0.134 e. The first-order valence-electron chi connectivity index (χ1n) is 8.86. The fourth-order valence-electron chi connectivity index (χ4n) is 2.43. The largest absolute Gasteiger partial charge is 0.494 e. The number of benzene rings is 1. The average Bonchev–Trinajstić information content (AvgIpc) is 3.18. The highest BCUT2D eigenvalue weighted by Gasteiger charge is 2.09. The molecule has 1 aromatic carbocycles. The number of nitrogens with zero attached hydrogens (tertiary/aromatic N) is 3. The fourth-order valence-corrected chi connectivity index (χ4v) is 3.23. The van der Waals surface area contributed by atoms with Crippen LogP contribution in [0.3, 0.4) is 0 Å². The van der Waals surface area contributed by atoms with Gasteiger partial charge in [-0.15, -0.1) is 11.3 Å². The number of pyridine rings is 1. The summed E-state index contributed by atoms with van der Waals surface area (Å²) in [5, 5.41) is 12.2. The molecule has 0 spiro atoms. The van der Waals surface area contributed by atoms with Crippen LogP contribution in [0.15, 0.2) is 54.2 Å². The van der Waals surface area contributed by atoms with Gasteiger partial charge in [-0.05, 0) is 48.2 Å². The molecule has 0 aliphatic carbocycles. The summed E-state index contributed by atoms with van der Waals surface area (Å²) in [4.78, 5) is 8.62. The van der Waals surface area contributed by atoms with E-state index in [0.717, 1.165) is 29.0 Å². The summed E-state index contributed by atoms with van der Waals surface area (Å²) in [6.45, 7) is 5.08. The molecule has 0 atom stereocenters. The highest BCUT2D eigenvalue weighted by molar-refractivity contribution is 7.11. The van der Waals surface area contributed by atoms with Gasteiger partial charge < -0.3 is 4.74 Å². The van der Waals surface area contributed by atoms with E-state index < -0.39 is 0 Å². The Hall–Kier alpha value is -2.97. The Labute approximate surface area is 163 Å². The van der Waals surface area contributed by atoms with Crippen LogP contribution in [0.2, 0.25) is 0 Å². The molecule has 0 unspecified atom stereocenters. The van der Waals surface area contributed by atoms with Crippen LogP contribution in [0.4, 0.5) is 0 Å². The molecule has 3 rings (SSSR count). The van der Waals surface area contributed by atoms with E-state index in [-0.39, 0.29) is 0 Å². The normalized spacial score (nSPS) is 11.4. The molecule has 0 saturated heterocycles. The molecule has 0 fully saturated rings. The highest BCUT2D eigenvalue weighted by atomic mass is 32.1. The predicted molar refractivity (Wildman–Crippen MR) is 110 cm³/mol. The number of aromatic nitrogens is 2. The average molecular weight is 375 g/mol. The second-order valence-electron chi connectivity index (χ2n) is 6.54. The molecule has 2 heterocycles. The van der Waals surface area contributed by atoms with E-state index in [4.69, 9.17) is 4.74 Å². The van der Waals surface area contributed by atoms with Crippen molar-refractivity contribution >= 4 is 23.0 Å². The Morgan fingerprint density at radius 3 is 2.59 bits per heavy atom. The number of nitriles is 1. The molecular formula is C22H21N3OS. The molecule has 0 radical (unpaired) electrons. The number of thiazole rings is 1. The summed E-state index contributed by atoms with van der Waals surface area (Å²) >= 11 is 1.47. The Bertz CT molecular complexity index is 938. The zero-order chi connectivity index (χ0) is 19.1. The zero-order valence-corrected chi connectivity index (χ0v) is 16.2. The van der Waals surface area contributed by atoms with Crippen LogP contribution in [0.25, 0.3) is 22.9 Å². The second kappa shape index (κ2) is 9.11. The summed E-state index contributed by atoms with van der Waals surface area (Å²) in [5.74, 6) is 1.47. The molecule has 0 aliphatic rings. The zero-order valence-electron chi connectivity index (χ0n) is 15.4. The minimum absolute atomic E-state index is 0.550. The SMILES string of the molecule is CC(C)CCOc1ccc(/C=C(/C#N)c2nc(-c3ccncc3)cs2)cc1. The van der Waals surface area contributed by atoms with Crippen molar-refractivity contribution in [1.29, 1.82) is 5.26 Å². The van der Waals surface area contributed by atoms with E-state index in [2.05, 4.69) is 29.9 Å². The maximum absolute atomic E-state index is 9.56. The summed E-state index contributed by atoms with van der Waals surface area (Å²) in [6, 6.07) is 13.9. The van der Waals surface area contributed by atoms with E-state index in [0.29, 0.717) is 23.1 Å². The van der Waals surface area contributed by atoms with E-state index in [9.17, 15) is 5.26 Å². The molecule has 27 heavy (non-hydrogen) atoms. The standard InChI is InChI=1S/C22H21N3OS/c1-16(2)9-12-26-20-5-3-17(4-6-20)13-19(14-23)22-25-21(15-27-22)18-7-10-24-11-8-18/h3-8,10-11,13,15-16H,9,12H2,1-2H3/b19-13-. The van der Waals surface area contributed by atoms with Gasteiger partial charge in [0.2, 0.25) is 0 Å². The summed E-state index contributed by atoms with van der Waals surface area (Å²) in [7, 11) is 0. The third-order valence-corrected chi connectivity index (χ3v) is 4.86. The maximum atomic E-state index is 9.56. The first-order chi connectivity index (χ1) is 13.2. The minimum atomic E-state index is 0.550. The van der Waals surface area contributed by atoms with Crippen molar-refractivity contribution in [3.8, 4) is 23.1 Å². The first-order valence-corrected chi connectivity index (χ1v) is 9.74. The lowest BCUT2D eigenvalue weighted by atomic mass is 10.1. The molecule has 0 N–H and O–H groups in total. The third-order valence-electron chi connectivity index (χ3n) is 3.99. The van der Waals surface area contributed by atoms with Crippen LogP contribution in [-0.2, 0) is 0 Å². The number of allylic oxidation sites excluding steroid dienone is 1. The minimum Gasteiger partial charge on any atom is -0.494 e. The third kappa shape index (κ3) is 5.25. The van der Waals surface area contributed by atoms with E-state index in [1.807, 2.05) is 47.9 Å². The van der Waals surface area contributed by atoms with E-state index in [1.54, 1.807) is 12.4 Å². The first kappa shape index (κ1) is 18.8. The summed E-state index contributed by atoms with van der Waals surface area (Å²) < 4.78 is 5.74. The van der Waals surface area contributed by atoms with Gasteiger partial charge >= 0.3 is 0 Å². The number of rotatable bonds is 7. The molecule has 136 valence electrons. The topological polar surface area (TPSA) is 58.8 Å². The lowest BCUT2D eigenvalue weighted by molar-refractivity contribution is 0.289. The highest BCUT2D eigenvalue weighted by Crippen LogP contribution is 2.27. The van der Waals surface area contributed by atoms with Crippen molar-refractivity contribution in [3.05, 3.63) is 64.7 Å². The van der Waals surface area contributed by atoms with Crippen LogP contribution in [0.1, 0.15) is 30.8 Å². The summed E-state index contributed by atoms with van der Waals surface area (Å²) in [5.41, 5.74) is 3.34. The number of hydrogen-bond acceptors (Lipinski definition) is 5. The quantitative estimate of drug-likeness (QED) is 0.497.